The number of nitrogens with two attached hydrogens (primary N) is 1. The van der Waals surface area contributed by atoms with Crippen LogP contribution in [0.2, 0.25) is 0 Å². The summed E-state index contributed by atoms with van der Waals surface area (Å²) in [6, 6.07) is 40.2. The van der Waals surface area contributed by atoms with E-state index in [-0.39, 0.29) is 17.0 Å². The Bertz CT molecular complexity index is 2020. The Morgan fingerprint density at radius 3 is 1.73 bits per heavy atom. The first-order valence-corrected chi connectivity index (χ1v) is 13.5. The minimum absolute atomic E-state index is 0.0639. The van der Waals surface area contributed by atoms with Gasteiger partial charge in [0.25, 0.3) is 5.56 Å². The van der Waals surface area contributed by atoms with Gasteiger partial charge in [0.2, 0.25) is 0 Å². The van der Waals surface area contributed by atoms with Crippen LogP contribution in [-0.4, -0.2) is 4.57 Å². The van der Waals surface area contributed by atoms with Crippen LogP contribution in [0.3, 0.4) is 0 Å². The smallest absolute Gasteiger partial charge is 0.274 e. The Morgan fingerprint density at radius 1 is 0.700 bits per heavy atom. The van der Waals surface area contributed by atoms with E-state index >= 15 is 0 Å². The summed E-state index contributed by atoms with van der Waals surface area (Å²) in [6.45, 7) is 0. The normalized spacial score (nSPS) is 14.9. The Kier molecular flexibility index (Phi) is 6.46. The highest BCUT2D eigenvalue weighted by atomic mass is 32.1. The molecule has 2 heterocycles. The van der Waals surface area contributed by atoms with Crippen molar-refractivity contribution in [3.05, 3.63) is 145 Å². The van der Waals surface area contributed by atoms with Gasteiger partial charge in [0.05, 0.1) is 33.7 Å². The minimum atomic E-state index is -0.657. The fourth-order valence-electron chi connectivity index (χ4n) is 5.04. The van der Waals surface area contributed by atoms with Crippen molar-refractivity contribution in [3.8, 4) is 34.4 Å². The molecule has 0 bridgehead atoms. The highest BCUT2D eigenvalue weighted by molar-refractivity contribution is 7.07. The van der Waals surface area contributed by atoms with E-state index in [1.54, 1.807) is 6.08 Å². The maximum absolute atomic E-state index is 13.5. The Balaban J connectivity index is 1.45. The molecule has 6 rings (SSSR count). The number of hydrogen-bond donors (Lipinski definition) is 1. The SMILES string of the molecule is N#CC1=C(N)n2c(sc(=Cc3ccc(-c4ccccc4)cc3)c2=O)=C(C#N)C1c1ccc(-c2ccccc2)cc1. The van der Waals surface area contributed by atoms with Crippen molar-refractivity contribution >= 4 is 28.8 Å². The topological polar surface area (TPSA) is 95.6 Å². The second-order valence-electron chi connectivity index (χ2n) is 9.40. The average Bonchev–Trinajstić information content (AvgIpc) is 3.34. The largest absolute Gasteiger partial charge is 0.384 e. The Morgan fingerprint density at radius 2 is 1.20 bits per heavy atom. The van der Waals surface area contributed by atoms with E-state index < -0.39 is 5.92 Å². The molecule has 4 aromatic carbocycles. The molecule has 1 aliphatic rings. The van der Waals surface area contributed by atoms with Crippen LogP contribution in [-0.2, 0) is 0 Å². The summed E-state index contributed by atoms with van der Waals surface area (Å²) >= 11 is 1.22. The summed E-state index contributed by atoms with van der Waals surface area (Å²) in [5.74, 6) is -0.593. The van der Waals surface area contributed by atoms with Gasteiger partial charge in [-0.3, -0.25) is 9.36 Å². The maximum Gasteiger partial charge on any atom is 0.274 e. The molecule has 2 N–H and O–H groups in total. The van der Waals surface area contributed by atoms with Gasteiger partial charge in [-0.25, -0.2) is 0 Å². The van der Waals surface area contributed by atoms with Crippen LogP contribution < -0.4 is 20.5 Å². The van der Waals surface area contributed by atoms with Crippen LogP contribution >= 0.6 is 11.3 Å². The third-order valence-corrected chi connectivity index (χ3v) is 8.16. The lowest BCUT2D eigenvalue weighted by Gasteiger charge is -2.22. The van der Waals surface area contributed by atoms with Gasteiger partial charge in [-0.1, -0.05) is 109 Å². The molecule has 6 heteroatoms. The minimum Gasteiger partial charge on any atom is -0.384 e. The fraction of sp³-hybridized carbons (Fsp3) is 0.0294. The van der Waals surface area contributed by atoms with Crippen molar-refractivity contribution in [2.45, 2.75) is 5.92 Å². The molecule has 5 aromatic rings. The van der Waals surface area contributed by atoms with Gasteiger partial charge in [0.1, 0.15) is 10.5 Å². The first-order chi connectivity index (χ1) is 19.6. The molecule has 190 valence electrons. The van der Waals surface area contributed by atoms with Crippen molar-refractivity contribution < 1.29 is 0 Å². The van der Waals surface area contributed by atoms with Gasteiger partial charge in [-0.05, 0) is 39.5 Å². The van der Waals surface area contributed by atoms with Crippen molar-refractivity contribution in [1.29, 1.82) is 10.5 Å². The molecule has 0 amide bonds. The van der Waals surface area contributed by atoms with Crippen LogP contribution in [0, 0.1) is 22.7 Å². The van der Waals surface area contributed by atoms with Gasteiger partial charge < -0.3 is 5.73 Å². The fourth-order valence-corrected chi connectivity index (χ4v) is 6.17. The van der Waals surface area contributed by atoms with Crippen molar-refractivity contribution in [3.63, 3.8) is 0 Å². The zero-order chi connectivity index (χ0) is 27.6. The van der Waals surface area contributed by atoms with E-state index in [0.717, 1.165) is 33.4 Å². The highest BCUT2D eigenvalue weighted by Gasteiger charge is 2.32. The zero-order valence-corrected chi connectivity index (χ0v) is 22.1. The first-order valence-electron chi connectivity index (χ1n) is 12.7. The molecule has 0 aliphatic carbocycles. The van der Waals surface area contributed by atoms with Crippen molar-refractivity contribution in [2.24, 2.45) is 5.73 Å². The summed E-state index contributed by atoms with van der Waals surface area (Å²) < 4.78 is 2.20. The third-order valence-electron chi connectivity index (χ3n) is 7.06. The molecule has 5 nitrogen and oxygen atoms in total. The number of aromatic nitrogens is 1. The number of benzene rings is 4. The maximum atomic E-state index is 13.5. The van der Waals surface area contributed by atoms with Crippen molar-refractivity contribution in [2.75, 3.05) is 0 Å². The summed E-state index contributed by atoms with van der Waals surface area (Å²) in [4.78, 5) is 13.5. The summed E-state index contributed by atoms with van der Waals surface area (Å²) in [5, 5.41) is 20.3. The zero-order valence-electron chi connectivity index (χ0n) is 21.3. The van der Waals surface area contributed by atoms with Gasteiger partial charge in [-0.2, -0.15) is 10.5 Å². The number of nitrogens with zero attached hydrogens (tertiary/aromatic N) is 3. The lowest BCUT2D eigenvalue weighted by atomic mass is 9.84. The average molecular weight is 535 g/mol. The number of nitriles is 2. The predicted molar refractivity (Wildman–Crippen MR) is 160 cm³/mol. The summed E-state index contributed by atoms with van der Waals surface area (Å²) in [7, 11) is 0. The molecule has 0 spiro atoms. The number of thiazole rings is 1. The molecule has 0 radical (unpaired) electrons. The number of hydrogen-bond acceptors (Lipinski definition) is 5. The standard InChI is InChI=1S/C34H22N4OS/c35-20-28-31(27-17-15-26(16-18-27)24-9-5-2-6-10-24)29(21-36)34-38(32(28)37)33(39)30(40-34)19-22-11-13-25(14-12-22)23-7-3-1-4-8-23/h1-19,31H,37H2. The van der Waals surface area contributed by atoms with Gasteiger partial charge in [0, 0.05) is 0 Å². The molecule has 0 fully saturated rings. The van der Waals surface area contributed by atoms with E-state index in [4.69, 9.17) is 5.73 Å². The Labute approximate surface area is 234 Å². The molecular weight excluding hydrogens is 512 g/mol. The number of allylic oxidation sites excluding steroid dienone is 1. The summed E-state index contributed by atoms with van der Waals surface area (Å²) in [5.41, 5.74) is 12.5. The first kappa shape index (κ1) is 24.9. The lowest BCUT2D eigenvalue weighted by Crippen LogP contribution is -2.38. The van der Waals surface area contributed by atoms with E-state index in [9.17, 15) is 15.3 Å². The van der Waals surface area contributed by atoms with Crippen LogP contribution in [0.4, 0.5) is 0 Å². The summed E-state index contributed by atoms with van der Waals surface area (Å²) in [6.07, 6.45) is 1.80. The van der Waals surface area contributed by atoms with Crippen LogP contribution in [0.15, 0.2) is 120 Å². The molecule has 1 unspecified atom stereocenters. The second-order valence-corrected chi connectivity index (χ2v) is 10.4. The molecule has 0 saturated carbocycles. The number of rotatable bonds is 4. The van der Waals surface area contributed by atoms with Crippen LogP contribution in [0.25, 0.3) is 39.7 Å². The second kappa shape index (κ2) is 10.4. The predicted octanol–water partition coefficient (Wildman–Crippen LogP) is 5.20. The monoisotopic (exact) mass is 534 g/mol. The van der Waals surface area contributed by atoms with E-state index in [0.29, 0.717) is 14.8 Å². The molecule has 40 heavy (non-hydrogen) atoms. The van der Waals surface area contributed by atoms with Gasteiger partial charge in [0.15, 0.2) is 0 Å². The molecule has 1 aliphatic heterocycles. The van der Waals surface area contributed by atoms with Gasteiger partial charge in [-0.15, -0.1) is 11.3 Å². The molecular formula is C34H22N4OS. The van der Waals surface area contributed by atoms with E-state index in [1.165, 1.54) is 15.9 Å². The quantitative estimate of drug-likeness (QED) is 0.343. The Hall–Kier alpha value is -5.43. The highest BCUT2D eigenvalue weighted by Crippen LogP contribution is 2.36. The molecule has 1 aromatic heterocycles. The van der Waals surface area contributed by atoms with Gasteiger partial charge >= 0.3 is 0 Å². The van der Waals surface area contributed by atoms with E-state index in [1.807, 2.05) is 109 Å². The molecule has 0 saturated heterocycles. The lowest BCUT2D eigenvalue weighted by molar-refractivity contribution is 0.906. The van der Waals surface area contributed by atoms with Crippen LogP contribution in [0.5, 0.6) is 0 Å². The van der Waals surface area contributed by atoms with Crippen molar-refractivity contribution in [1.82, 2.24) is 4.57 Å². The number of fused-ring (bicyclic) bond motifs is 1. The van der Waals surface area contributed by atoms with E-state index in [2.05, 4.69) is 12.1 Å². The van der Waals surface area contributed by atoms with Crippen LogP contribution in [0.1, 0.15) is 17.0 Å². The third kappa shape index (κ3) is 4.33. The molecule has 1 atom stereocenters.